The first-order valence-electron chi connectivity index (χ1n) is 6.53. The van der Waals surface area contributed by atoms with Gasteiger partial charge in [-0.3, -0.25) is 15.4 Å². The molecule has 1 saturated heterocycles. The molecular weight excluding hydrogens is 326 g/mol. The van der Waals surface area contributed by atoms with Crippen molar-refractivity contribution in [3.63, 3.8) is 0 Å². The second kappa shape index (κ2) is 6.58. The zero-order chi connectivity index (χ0) is 14.0. The Morgan fingerprint density at radius 1 is 1.58 bits per heavy atom. The fourth-order valence-electron chi connectivity index (χ4n) is 2.48. The van der Waals surface area contributed by atoms with Crippen molar-refractivity contribution in [2.45, 2.75) is 32.0 Å². The number of hydrogen-bond acceptors (Lipinski definition) is 5. The van der Waals surface area contributed by atoms with Crippen molar-refractivity contribution < 1.29 is 0 Å². The van der Waals surface area contributed by atoms with E-state index in [0.717, 1.165) is 22.5 Å². The van der Waals surface area contributed by atoms with Gasteiger partial charge in [-0.15, -0.1) is 0 Å². The third-order valence-electron chi connectivity index (χ3n) is 3.58. The zero-order valence-electron chi connectivity index (χ0n) is 11.6. The van der Waals surface area contributed by atoms with Crippen molar-refractivity contribution in [3.05, 3.63) is 16.4 Å². The number of hydrazine groups is 1. The third-order valence-corrected chi connectivity index (χ3v) is 5.24. The van der Waals surface area contributed by atoms with Crippen LogP contribution in [0.5, 0.6) is 0 Å². The highest BCUT2D eigenvalue weighted by molar-refractivity contribution is 9.10. The Labute approximate surface area is 127 Å². The number of hydrogen-bond donors (Lipinski definition) is 2. The van der Waals surface area contributed by atoms with E-state index in [-0.39, 0.29) is 6.04 Å². The van der Waals surface area contributed by atoms with E-state index < -0.39 is 0 Å². The quantitative estimate of drug-likeness (QED) is 0.642. The van der Waals surface area contributed by atoms with E-state index in [2.05, 4.69) is 52.2 Å². The van der Waals surface area contributed by atoms with Crippen LogP contribution in [0.15, 0.2) is 10.7 Å². The topological polar surface area (TPSA) is 59.1 Å². The summed E-state index contributed by atoms with van der Waals surface area (Å²) < 4.78 is 3.06. The SMILES string of the molecule is CC(C)n1ncc(Br)c1C(NN)C1CSCCN1C. The normalized spacial score (nSPS) is 22.9. The van der Waals surface area contributed by atoms with Gasteiger partial charge in [-0.2, -0.15) is 16.9 Å². The molecule has 1 fully saturated rings. The molecular formula is C12H22BrN5S. The van der Waals surface area contributed by atoms with E-state index in [0.29, 0.717) is 12.1 Å². The first-order chi connectivity index (χ1) is 9.06. The highest BCUT2D eigenvalue weighted by atomic mass is 79.9. The molecule has 0 radical (unpaired) electrons. The number of nitrogens with zero attached hydrogens (tertiary/aromatic N) is 3. The number of aromatic nitrogens is 2. The molecule has 1 aromatic rings. The first kappa shape index (κ1) is 15.3. The highest BCUT2D eigenvalue weighted by Gasteiger charge is 2.32. The summed E-state index contributed by atoms with van der Waals surface area (Å²) in [5, 5.41) is 4.45. The van der Waals surface area contributed by atoms with Gasteiger partial charge < -0.3 is 0 Å². The average molecular weight is 348 g/mol. The molecule has 0 saturated carbocycles. The largest absolute Gasteiger partial charge is 0.300 e. The predicted octanol–water partition coefficient (Wildman–Crippen LogP) is 1.78. The number of thioether (sulfide) groups is 1. The summed E-state index contributed by atoms with van der Waals surface area (Å²) in [6, 6.07) is 0.782. The summed E-state index contributed by atoms with van der Waals surface area (Å²) in [6.45, 7) is 5.37. The van der Waals surface area contributed by atoms with Crippen LogP contribution in [0.25, 0.3) is 0 Å². The van der Waals surface area contributed by atoms with Gasteiger partial charge in [0.25, 0.3) is 0 Å². The zero-order valence-corrected chi connectivity index (χ0v) is 14.0. The standard InChI is InChI=1S/C12H22BrN5S/c1-8(2)18-12(9(13)6-15-18)11(16-14)10-7-19-5-4-17(10)3/h6,8,10-11,16H,4-5,7,14H2,1-3H3. The lowest BCUT2D eigenvalue weighted by Gasteiger charge is -2.38. The van der Waals surface area contributed by atoms with Crippen molar-refractivity contribution in [2.24, 2.45) is 5.84 Å². The van der Waals surface area contributed by atoms with E-state index in [1.165, 1.54) is 5.75 Å². The van der Waals surface area contributed by atoms with E-state index >= 15 is 0 Å². The number of nitrogens with one attached hydrogen (secondary N) is 1. The molecule has 1 aliphatic heterocycles. The molecule has 2 heterocycles. The molecule has 0 aliphatic carbocycles. The van der Waals surface area contributed by atoms with Crippen LogP contribution in [0.1, 0.15) is 31.6 Å². The lowest BCUT2D eigenvalue weighted by Crippen LogP contribution is -2.50. The maximum atomic E-state index is 5.85. The van der Waals surface area contributed by atoms with Crippen LogP contribution in [0.3, 0.4) is 0 Å². The molecule has 7 heteroatoms. The van der Waals surface area contributed by atoms with Gasteiger partial charge in [-0.1, -0.05) is 0 Å². The summed E-state index contributed by atoms with van der Waals surface area (Å²) in [6.07, 6.45) is 1.86. The van der Waals surface area contributed by atoms with Gasteiger partial charge >= 0.3 is 0 Å². The predicted molar refractivity (Wildman–Crippen MR) is 84.1 cm³/mol. The molecule has 1 aromatic heterocycles. The number of halogens is 1. The van der Waals surface area contributed by atoms with Crippen LogP contribution >= 0.6 is 27.7 Å². The number of nitrogens with two attached hydrogens (primary N) is 1. The van der Waals surface area contributed by atoms with Crippen LogP contribution in [-0.4, -0.2) is 45.8 Å². The number of rotatable bonds is 4. The fraction of sp³-hybridized carbons (Fsp3) is 0.750. The summed E-state index contributed by atoms with van der Waals surface area (Å²) in [4.78, 5) is 2.38. The van der Waals surface area contributed by atoms with Gasteiger partial charge in [-0.05, 0) is 36.8 Å². The van der Waals surface area contributed by atoms with Crippen molar-refractivity contribution >= 4 is 27.7 Å². The van der Waals surface area contributed by atoms with Crippen LogP contribution < -0.4 is 11.3 Å². The third kappa shape index (κ3) is 3.16. The average Bonchev–Trinajstić information content (AvgIpc) is 2.75. The minimum absolute atomic E-state index is 0.0806. The van der Waals surface area contributed by atoms with Gasteiger partial charge in [0.2, 0.25) is 0 Å². The van der Waals surface area contributed by atoms with E-state index in [9.17, 15) is 0 Å². The van der Waals surface area contributed by atoms with Crippen LogP contribution in [0.2, 0.25) is 0 Å². The maximum Gasteiger partial charge on any atom is 0.0803 e. The molecule has 5 nitrogen and oxygen atoms in total. The van der Waals surface area contributed by atoms with Crippen LogP contribution in [0, 0.1) is 0 Å². The number of likely N-dealkylation sites (N-methyl/N-ethyl adjacent to an activating group) is 1. The Balaban J connectivity index is 2.33. The van der Waals surface area contributed by atoms with Crippen molar-refractivity contribution in [3.8, 4) is 0 Å². The van der Waals surface area contributed by atoms with Gasteiger partial charge in [0.05, 0.1) is 22.4 Å². The van der Waals surface area contributed by atoms with Gasteiger partial charge in [0.15, 0.2) is 0 Å². The van der Waals surface area contributed by atoms with E-state index in [4.69, 9.17) is 5.84 Å². The molecule has 0 aromatic carbocycles. The molecule has 0 amide bonds. The molecule has 19 heavy (non-hydrogen) atoms. The monoisotopic (exact) mass is 347 g/mol. The second-order valence-corrected chi connectivity index (χ2v) is 7.19. The molecule has 3 N–H and O–H groups in total. The Morgan fingerprint density at radius 2 is 2.32 bits per heavy atom. The minimum Gasteiger partial charge on any atom is -0.300 e. The lowest BCUT2D eigenvalue weighted by atomic mass is 10.0. The van der Waals surface area contributed by atoms with E-state index in [1.807, 2.05) is 22.6 Å². The van der Waals surface area contributed by atoms with Crippen molar-refractivity contribution in [1.82, 2.24) is 20.1 Å². The fourth-order valence-corrected chi connectivity index (χ4v) is 4.27. The summed E-state index contributed by atoms with van der Waals surface area (Å²) in [5.41, 5.74) is 4.13. The Bertz CT molecular complexity index is 422. The second-order valence-electron chi connectivity index (χ2n) is 5.18. The Morgan fingerprint density at radius 3 is 2.89 bits per heavy atom. The summed E-state index contributed by atoms with van der Waals surface area (Å²) >= 11 is 5.59. The maximum absolute atomic E-state index is 5.85. The molecule has 0 spiro atoms. The van der Waals surface area contributed by atoms with Gasteiger partial charge in [-0.25, -0.2) is 5.43 Å². The molecule has 1 aliphatic rings. The van der Waals surface area contributed by atoms with Gasteiger partial charge in [0, 0.05) is 30.1 Å². The molecule has 108 valence electrons. The molecule has 2 unspecified atom stereocenters. The summed E-state index contributed by atoms with van der Waals surface area (Å²) in [7, 11) is 2.17. The van der Waals surface area contributed by atoms with Crippen molar-refractivity contribution in [2.75, 3.05) is 25.1 Å². The first-order valence-corrected chi connectivity index (χ1v) is 8.48. The smallest absolute Gasteiger partial charge is 0.0803 e. The minimum atomic E-state index is 0.0806. The van der Waals surface area contributed by atoms with Crippen LogP contribution in [0.4, 0.5) is 0 Å². The van der Waals surface area contributed by atoms with Crippen LogP contribution in [-0.2, 0) is 0 Å². The lowest BCUT2D eigenvalue weighted by molar-refractivity contribution is 0.208. The van der Waals surface area contributed by atoms with Crippen molar-refractivity contribution in [1.29, 1.82) is 0 Å². The molecule has 0 bridgehead atoms. The highest BCUT2D eigenvalue weighted by Crippen LogP contribution is 2.32. The van der Waals surface area contributed by atoms with Gasteiger partial charge in [0.1, 0.15) is 0 Å². The Hall–Kier alpha value is -0.0800. The van der Waals surface area contributed by atoms with E-state index in [1.54, 1.807) is 0 Å². The molecule has 2 rings (SSSR count). The Kier molecular flexibility index (Phi) is 5.30. The summed E-state index contributed by atoms with van der Waals surface area (Å²) in [5.74, 6) is 8.12. The molecule has 2 atom stereocenters.